The van der Waals surface area contributed by atoms with Gasteiger partial charge in [0.25, 0.3) is 5.91 Å². The Kier molecular flexibility index (Phi) is 3.55. The Morgan fingerprint density at radius 1 is 1.26 bits per heavy atom. The van der Waals surface area contributed by atoms with Crippen LogP contribution in [0.25, 0.3) is 11.0 Å². The van der Waals surface area contributed by atoms with Gasteiger partial charge in [0.1, 0.15) is 11.1 Å². The van der Waals surface area contributed by atoms with Gasteiger partial charge in [-0.25, -0.2) is 4.79 Å². The minimum Gasteiger partial charge on any atom is -0.422 e. The van der Waals surface area contributed by atoms with Crippen molar-refractivity contribution in [3.63, 3.8) is 0 Å². The topological polar surface area (TPSA) is 76.5 Å². The number of fused-ring (bicyclic) bond motifs is 1. The predicted molar refractivity (Wildman–Crippen MR) is 74.6 cm³/mol. The first-order valence-corrected chi connectivity index (χ1v) is 6.19. The Morgan fingerprint density at radius 2 is 1.95 bits per heavy atom. The fourth-order valence-corrected chi connectivity index (χ4v) is 2.07. The Bertz CT molecular complexity index is 672. The first kappa shape index (κ1) is 13.1. The van der Waals surface area contributed by atoms with E-state index in [0.29, 0.717) is 11.0 Å². The lowest BCUT2D eigenvalue weighted by molar-refractivity contribution is 0.0997. The van der Waals surface area contributed by atoms with Crippen LogP contribution < -0.4 is 16.3 Å². The number of hydrogen-bond donors (Lipinski definition) is 1. The second-order valence-electron chi connectivity index (χ2n) is 4.21. The number of amides is 1. The molecule has 2 N–H and O–H groups in total. The highest BCUT2D eigenvalue weighted by Crippen LogP contribution is 2.21. The molecule has 0 fully saturated rings. The van der Waals surface area contributed by atoms with Gasteiger partial charge in [-0.3, -0.25) is 4.79 Å². The van der Waals surface area contributed by atoms with Gasteiger partial charge >= 0.3 is 5.63 Å². The number of anilines is 1. The van der Waals surface area contributed by atoms with E-state index in [9.17, 15) is 9.59 Å². The van der Waals surface area contributed by atoms with Crippen molar-refractivity contribution < 1.29 is 9.21 Å². The van der Waals surface area contributed by atoms with Gasteiger partial charge in [-0.1, -0.05) is 0 Å². The van der Waals surface area contributed by atoms with Crippen molar-refractivity contribution in [3.05, 3.63) is 40.2 Å². The molecule has 5 nitrogen and oxygen atoms in total. The van der Waals surface area contributed by atoms with Gasteiger partial charge in [-0.05, 0) is 38.1 Å². The van der Waals surface area contributed by atoms with E-state index in [2.05, 4.69) is 18.7 Å². The molecule has 0 saturated carbocycles. The molecular weight excluding hydrogens is 244 g/mol. The summed E-state index contributed by atoms with van der Waals surface area (Å²) in [5.41, 5.74) is 5.79. The van der Waals surface area contributed by atoms with E-state index in [1.165, 1.54) is 6.07 Å². The lowest BCUT2D eigenvalue weighted by Crippen LogP contribution is -2.22. The fraction of sp³-hybridized carbons (Fsp3) is 0.286. The van der Waals surface area contributed by atoms with Crippen molar-refractivity contribution in [1.29, 1.82) is 0 Å². The molecular formula is C14H16N2O3. The summed E-state index contributed by atoms with van der Waals surface area (Å²) in [4.78, 5) is 24.8. The zero-order valence-corrected chi connectivity index (χ0v) is 11.0. The normalized spacial score (nSPS) is 10.6. The molecule has 19 heavy (non-hydrogen) atoms. The van der Waals surface area contributed by atoms with E-state index in [4.69, 9.17) is 10.2 Å². The minimum atomic E-state index is -0.774. The Balaban J connectivity index is 2.61. The lowest BCUT2D eigenvalue weighted by Gasteiger charge is -2.21. The second kappa shape index (κ2) is 5.14. The molecule has 0 aliphatic rings. The maximum atomic E-state index is 11.5. The van der Waals surface area contributed by atoms with Crippen LogP contribution in [-0.4, -0.2) is 19.0 Å². The number of hydrogen-bond acceptors (Lipinski definition) is 4. The number of benzene rings is 1. The fourth-order valence-electron chi connectivity index (χ4n) is 2.07. The summed E-state index contributed by atoms with van der Waals surface area (Å²) in [5, 5.41) is 0.692. The van der Waals surface area contributed by atoms with Crippen molar-refractivity contribution in [3.8, 4) is 0 Å². The number of nitrogens with zero attached hydrogens (tertiary/aromatic N) is 1. The number of rotatable bonds is 4. The summed E-state index contributed by atoms with van der Waals surface area (Å²) < 4.78 is 5.08. The molecule has 2 aromatic rings. The van der Waals surface area contributed by atoms with E-state index < -0.39 is 11.5 Å². The van der Waals surface area contributed by atoms with Crippen LogP contribution in [0, 0.1) is 0 Å². The molecule has 0 spiro atoms. The van der Waals surface area contributed by atoms with E-state index in [1.807, 2.05) is 12.1 Å². The highest BCUT2D eigenvalue weighted by Gasteiger charge is 2.11. The number of primary amides is 1. The molecule has 1 aromatic carbocycles. The van der Waals surface area contributed by atoms with Gasteiger partial charge in [0.15, 0.2) is 0 Å². The molecule has 1 amide bonds. The van der Waals surface area contributed by atoms with Crippen LogP contribution in [0.2, 0.25) is 0 Å². The molecule has 0 radical (unpaired) electrons. The van der Waals surface area contributed by atoms with E-state index >= 15 is 0 Å². The standard InChI is InChI=1S/C14H16N2O3/c1-3-16(4-2)10-5-6-12-9(7-10)8-11(13(15)17)14(18)19-12/h5-8H,3-4H2,1-2H3,(H2,15,17). The van der Waals surface area contributed by atoms with Gasteiger partial charge in [0, 0.05) is 24.2 Å². The van der Waals surface area contributed by atoms with Crippen LogP contribution in [0.1, 0.15) is 24.2 Å². The summed E-state index contributed by atoms with van der Waals surface area (Å²) in [7, 11) is 0. The molecule has 0 bridgehead atoms. The Labute approximate surface area is 110 Å². The largest absolute Gasteiger partial charge is 0.422 e. The van der Waals surface area contributed by atoms with E-state index in [0.717, 1.165) is 18.8 Å². The van der Waals surface area contributed by atoms with Crippen LogP contribution in [0.15, 0.2) is 33.5 Å². The van der Waals surface area contributed by atoms with Crippen molar-refractivity contribution in [1.82, 2.24) is 0 Å². The van der Waals surface area contributed by atoms with Crippen molar-refractivity contribution in [2.24, 2.45) is 5.73 Å². The highest BCUT2D eigenvalue weighted by molar-refractivity contribution is 5.95. The SMILES string of the molecule is CCN(CC)c1ccc2oc(=O)c(C(N)=O)cc2c1. The Morgan fingerprint density at radius 3 is 2.53 bits per heavy atom. The van der Waals surface area contributed by atoms with Gasteiger partial charge in [0.2, 0.25) is 0 Å². The molecule has 100 valence electrons. The van der Waals surface area contributed by atoms with Crippen LogP contribution >= 0.6 is 0 Å². The van der Waals surface area contributed by atoms with Gasteiger partial charge in [-0.2, -0.15) is 0 Å². The third-order valence-corrected chi connectivity index (χ3v) is 3.11. The van der Waals surface area contributed by atoms with Crippen LogP contribution in [0.3, 0.4) is 0 Å². The maximum Gasteiger partial charge on any atom is 0.349 e. The summed E-state index contributed by atoms with van der Waals surface area (Å²) in [6, 6.07) is 6.99. The third kappa shape index (κ3) is 2.45. The zero-order valence-electron chi connectivity index (χ0n) is 11.0. The zero-order chi connectivity index (χ0) is 14.0. The monoisotopic (exact) mass is 260 g/mol. The summed E-state index contributed by atoms with van der Waals surface area (Å²) in [6.07, 6.45) is 0. The smallest absolute Gasteiger partial charge is 0.349 e. The van der Waals surface area contributed by atoms with Crippen molar-refractivity contribution in [2.45, 2.75) is 13.8 Å². The van der Waals surface area contributed by atoms with Gasteiger partial charge < -0.3 is 15.1 Å². The molecule has 1 heterocycles. The summed E-state index contributed by atoms with van der Waals surface area (Å²) in [5.74, 6) is -0.774. The molecule has 0 aliphatic heterocycles. The number of nitrogens with two attached hydrogens (primary N) is 1. The average Bonchev–Trinajstić information content (AvgIpc) is 2.39. The first-order valence-electron chi connectivity index (χ1n) is 6.19. The van der Waals surface area contributed by atoms with Crippen molar-refractivity contribution in [2.75, 3.05) is 18.0 Å². The van der Waals surface area contributed by atoms with Crippen LogP contribution in [0.5, 0.6) is 0 Å². The van der Waals surface area contributed by atoms with Crippen LogP contribution in [0.4, 0.5) is 5.69 Å². The average molecular weight is 260 g/mol. The highest BCUT2D eigenvalue weighted by atomic mass is 16.4. The molecule has 5 heteroatoms. The Hall–Kier alpha value is -2.30. The predicted octanol–water partition coefficient (Wildman–Crippen LogP) is 1.74. The molecule has 2 rings (SSSR count). The molecule has 0 aliphatic carbocycles. The second-order valence-corrected chi connectivity index (χ2v) is 4.21. The van der Waals surface area contributed by atoms with E-state index in [1.54, 1.807) is 6.07 Å². The van der Waals surface area contributed by atoms with Crippen molar-refractivity contribution >= 4 is 22.6 Å². The molecule has 0 unspecified atom stereocenters. The maximum absolute atomic E-state index is 11.5. The molecule has 0 atom stereocenters. The molecule has 0 saturated heterocycles. The first-order chi connectivity index (χ1) is 9.06. The summed E-state index contributed by atoms with van der Waals surface area (Å²) in [6.45, 7) is 5.88. The lowest BCUT2D eigenvalue weighted by atomic mass is 10.1. The van der Waals surface area contributed by atoms with E-state index in [-0.39, 0.29) is 5.56 Å². The summed E-state index contributed by atoms with van der Waals surface area (Å²) >= 11 is 0. The number of carbonyl (C=O) groups is 1. The van der Waals surface area contributed by atoms with Gasteiger partial charge in [-0.15, -0.1) is 0 Å². The minimum absolute atomic E-state index is 0.121. The van der Waals surface area contributed by atoms with Crippen LogP contribution in [-0.2, 0) is 0 Å². The number of carbonyl (C=O) groups excluding carboxylic acids is 1. The third-order valence-electron chi connectivity index (χ3n) is 3.11. The quantitative estimate of drug-likeness (QED) is 0.849. The van der Waals surface area contributed by atoms with Gasteiger partial charge in [0.05, 0.1) is 0 Å². The molecule has 1 aromatic heterocycles.